The van der Waals surface area contributed by atoms with Crippen molar-refractivity contribution in [2.75, 3.05) is 0 Å². The predicted octanol–water partition coefficient (Wildman–Crippen LogP) is 3.64. The highest BCUT2D eigenvalue weighted by molar-refractivity contribution is 5.33. The third-order valence-corrected chi connectivity index (χ3v) is 4.29. The highest BCUT2D eigenvalue weighted by Crippen LogP contribution is 2.16. The van der Waals surface area contributed by atoms with Gasteiger partial charge in [-0.2, -0.15) is 0 Å². The molecule has 3 rings (SSSR count). The first-order valence-corrected chi connectivity index (χ1v) is 8.38. The second-order valence-corrected chi connectivity index (χ2v) is 6.07. The van der Waals surface area contributed by atoms with Gasteiger partial charge < -0.3 is 5.32 Å². The molecule has 4 nitrogen and oxygen atoms in total. The monoisotopic (exact) mass is 333 g/mol. The number of nitrogens with zero attached hydrogens (tertiary/aromatic N) is 1. The number of nitrogens with two attached hydrogens (primary N) is 1. The van der Waals surface area contributed by atoms with E-state index in [4.69, 9.17) is 0 Å². The molecule has 0 saturated carbocycles. The summed E-state index contributed by atoms with van der Waals surface area (Å²) in [6.07, 6.45) is 0.916. The molecule has 2 N–H and O–H groups in total. The molecule has 3 aromatic rings. The lowest BCUT2D eigenvalue weighted by Gasteiger charge is -2.16. The van der Waals surface area contributed by atoms with Gasteiger partial charge in [-0.3, -0.25) is 10.1 Å². The number of hydrogen-bond donors (Lipinski definition) is 1. The van der Waals surface area contributed by atoms with Crippen LogP contribution in [0.2, 0.25) is 0 Å². The number of benzene rings is 3. The van der Waals surface area contributed by atoms with Crippen LogP contribution in [0.25, 0.3) is 0 Å². The number of nitro benzene ring substituents is 1. The van der Waals surface area contributed by atoms with E-state index >= 15 is 0 Å². The molecule has 0 bridgehead atoms. The Morgan fingerprint density at radius 1 is 0.840 bits per heavy atom. The summed E-state index contributed by atoms with van der Waals surface area (Å²) in [5.41, 5.74) is 3.65. The van der Waals surface area contributed by atoms with Crippen molar-refractivity contribution in [1.82, 2.24) is 0 Å². The summed E-state index contributed by atoms with van der Waals surface area (Å²) in [7, 11) is 0. The van der Waals surface area contributed by atoms with Gasteiger partial charge in [0.2, 0.25) is 0 Å². The first kappa shape index (κ1) is 16.9. The average molecular weight is 333 g/mol. The lowest BCUT2D eigenvalue weighted by atomic mass is 9.98. The van der Waals surface area contributed by atoms with Crippen LogP contribution in [-0.4, -0.2) is 4.92 Å². The first-order chi connectivity index (χ1) is 12.2. The van der Waals surface area contributed by atoms with Crippen LogP contribution in [0, 0.1) is 10.1 Å². The Hall–Kier alpha value is -2.98. The molecule has 4 heteroatoms. The molecule has 0 radical (unpaired) electrons. The quantitative estimate of drug-likeness (QED) is 0.530. The summed E-state index contributed by atoms with van der Waals surface area (Å²) in [6.45, 7) is 0.702. The zero-order chi connectivity index (χ0) is 17.5. The van der Waals surface area contributed by atoms with Gasteiger partial charge in [0.15, 0.2) is 0 Å². The van der Waals surface area contributed by atoms with Crippen LogP contribution in [-0.2, 0) is 13.0 Å². The molecule has 0 amide bonds. The highest BCUT2D eigenvalue weighted by Gasteiger charge is 2.16. The topological polar surface area (TPSA) is 59.8 Å². The maximum atomic E-state index is 10.9. The van der Waals surface area contributed by atoms with E-state index in [-0.39, 0.29) is 16.7 Å². The predicted molar refractivity (Wildman–Crippen MR) is 98.1 cm³/mol. The molecule has 0 saturated heterocycles. The molecule has 0 aromatic heterocycles. The number of quaternary nitrogens is 1. The van der Waals surface area contributed by atoms with Gasteiger partial charge in [0.05, 0.1) is 4.92 Å². The first-order valence-electron chi connectivity index (χ1n) is 8.38. The van der Waals surface area contributed by atoms with Crippen LogP contribution in [0.5, 0.6) is 0 Å². The van der Waals surface area contributed by atoms with Crippen molar-refractivity contribution < 1.29 is 10.2 Å². The van der Waals surface area contributed by atoms with Gasteiger partial charge >= 0.3 is 0 Å². The van der Waals surface area contributed by atoms with E-state index in [1.54, 1.807) is 12.1 Å². The van der Waals surface area contributed by atoms with Gasteiger partial charge in [-0.05, 0) is 5.56 Å². The van der Waals surface area contributed by atoms with Gasteiger partial charge in [0.1, 0.15) is 12.6 Å². The Morgan fingerprint density at radius 3 is 2.16 bits per heavy atom. The van der Waals surface area contributed by atoms with E-state index in [0.29, 0.717) is 6.54 Å². The minimum absolute atomic E-state index is 0.144. The fourth-order valence-corrected chi connectivity index (χ4v) is 2.98. The van der Waals surface area contributed by atoms with Crippen molar-refractivity contribution in [3.8, 4) is 0 Å². The van der Waals surface area contributed by atoms with E-state index in [9.17, 15) is 10.1 Å². The molecule has 3 aromatic carbocycles. The van der Waals surface area contributed by atoms with Crippen LogP contribution in [0.3, 0.4) is 0 Å². The minimum atomic E-state index is -0.345. The zero-order valence-electron chi connectivity index (χ0n) is 13.9. The molecular weight excluding hydrogens is 312 g/mol. The molecular formula is C21H21N2O2+. The zero-order valence-corrected chi connectivity index (χ0v) is 13.9. The van der Waals surface area contributed by atoms with Gasteiger partial charge in [-0.25, -0.2) is 0 Å². The van der Waals surface area contributed by atoms with E-state index < -0.39 is 0 Å². The average Bonchev–Trinajstić information content (AvgIpc) is 2.67. The molecule has 0 fully saturated rings. The molecule has 0 spiro atoms. The Balaban J connectivity index is 1.76. The molecule has 0 aliphatic rings. The van der Waals surface area contributed by atoms with Crippen molar-refractivity contribution in [3.63, 3.8) is 0 Å². The van der Waals surface area contributed by atoms with Crippen LogP contribution < -0.4 is 5.32 Å². The number of rotatable bonds is 7. The maximum Gasteiger partial charge on any atom is 0.269 e. The Labute approximate surface area is 147 Å². The van der Waals surface area contributed by atoms with Crippen LogP contribution in [0.1, 0.15) is 22.7 Å². The highest BCUT2D eigenvalue weighted by atomic mass is 16.6. The molecule has 0 aliphatic heterocycles. The normalized spacial score (nSPS) is 11.8. The number of non-ortho nitro benzene ring substituents is 1. The van der Waals surface area contributed by atoms with E-state index in [1.807, 2.05) is 18.2 Å². The second-order valence-electron chi connectivity index (χ2n) is 6.07. The maximum absolute atomic E-state index is 10.9. The summed E-state index contributed by atoms with van der Waals surface area (Å²) in [5.74, 6) is 0. The number of hydrogen-bond acceptors (Lipinski definition) is 2. The van der Waals surface area contributed by atoms with E-state index in [2.05, 4.69) is 53.8 Å². The van der Waals surface area contributed by atoms with Crippen molar-refractivity contribution >= 4 is 5.69 Å². The number of nitro groups is 1. The molecule has 25 heavy (non-hydrogen) atoms. The van der Waals surface area contributed by atoms with Crippen LogP contribution in [0.15, 0.2) is 84.9 Å². The van der Waals surface area contributed by atoms with Crippen LogP contribution >= 0.6 is 0 Å². The SMILES string of the molecule is O=[N+]([O-])c1cccc(C[NH2+][C@@H](Cc2ccccc2)c2ccccc2)c1. The summed E-state index contributed by atoms with van der Waals surface area (Å²) >= 11 is 0. The lowest BCUT2D eigenvalue weighted by molar-refractivity contribution is -0.711. The largest absolute Gasteiger partial charge is 0.336 e. The summed E-state index contributed by atoms with van der Waals surface area (Å²) in [5, 5.41) is 13.2. The van der Waals surface area contributed by atoms with Crippen LogP contribution in [0.4, 0.5) is 5.69 Å². The fourth-order valence-electron chi connectivity index (χ4n) is 2.98. The molecule has 0 heterocycles. The lowest BCUT2D eigenvalue weighted by Crippen LogP contribution is -2.84. The second kappa shape index (κ2) is 8.22. The fraction of sp³-hybridized carbons (Fsp3) is 0.143. The van der Waals surface area contributed by atoms with E-state index in [1.165, 1.54) is 17.2 Å². The summed E-state index contributed by atoms with van der Waals surface area (Å²) < 4.78 is 0. The van der Waals surface area contributed by atoms with E-state index in [0.717, 1.165) is 12.0 Å². The Morgan fingerprint density at radius 2 is 1.48 bits per heavy atom. The summed E-state index contributed by atoms with van der Waals surface area (Å²) in [4.78, 5) is 10.6. The van der Waals surface area contributed by atoms with Gasteiger partial charge in [0, 0.05) is 29.7 Å². The van der Waals surface area contributed by atoms with Gasteiger partial charge in [0.25, 0.3) is 5.69 Å². The van der Waals surface area contributed by atoms with Gasteiger partial charge in [-0.1, -0.05) is 72.8 Å². The Bertz CT molecular complexity index is 820. The molecule has 0 aliphatic carbocycles. The minimum Gasteiger partial charge on any atom is -0.336 e. The van der Waals surface area contributed by atoms with Gasteiger partial charge in [-0.15, -0.1) is 0 Å². The molecule has 1 atom stereocenters. The van der Waals surface area contributed by atoms with Crippen molar-refractivity contribution in [1.29, 1.82) is 0 Å². The Kier molecular flexibility index (Phi) is 5.54. The molecule has 126 valence electrons. The third-order valence-electron chi connectivity index (χ3n) is 4.29. The van der Waals surface area contributed by atoms with Crippen molar-refractivity contribution in [2.24, 2.45) is 0 Å². The third kappa shape index (κ3) is 4.75. The van der Waals surface area contributed by atoms with Crippen molar-refractivity contribution in [2.45, 2.75) is 19.0 Å². The smallest absolute Gasteiger partial charge is 0.269 e. The molecule has 0 unspecified atom stereocenters. The standard InChI is InChI=1S/C21H20N2O2/c24-23(25)20-13-7-10-18(14-20)16-22-21(19-11-5-2-6-12-19)15-17-8-3-1-4-9-17/h1-14,21-22H,15-16H2/p+1/t21-/m0/s1. The summed E-state index contributed by atoms with van der Waals surface area (Å²) in [6, 6.07) is 27.9. The van der Waals surface area contributed by atoms with Crippen molar-refractivity contribution in [3.05, 3.63) is 112 Å².